The Morgan fingerprint density at radius 2 is 2.08 bits per heavy atom. The Bertz CT molecular complexity index is 1130. The molecule has 0 aliphatic carbocycles. The van der Waals surface area contributed by atoms with Crippen molar-refractivity contribution in [2.75, 3.05) is 0 Å². The second-order valence-electron chi connectivity index (χ2n) is 6.44. The molecule has 26 heavy (non-hydrogen) atoms. The molecule has 0 spiro atoms. The molecule has 0 saturated carbocycles. The summed E-state index contributed by atoms with van der Waals surface area (Å²) in [7, 11) is 0. The number of benzene rings is 1. The highest BCUT2D eigenvalue weighted by atomic mass is 79.9. The van der Waals surface area contributed by atoms with Gasteiger partial charge in [-0.25, -0.2) is 4.98 Å². The number of fused-ring (bicyclic) bond motifs is 2. The van der Waals surface area contributed by atoms with Gasteiger partial charge in [-0.2, -0.15) is 0 Å². The monoisotopic (exact) mass is 411 g/mol. The number of hydrogen-bond acceptors (Lipinski definition) is 3. The van der Waals surface area contributed by atoms with Crippen molar-refractivity contribution in [1.82, 2.24) is 14.7 Å². The van der Waals surface area contributed by atoms with Gasteiger partial charge in [-0.15, -0.1) is 0 Å². The molecule has 0 bridgehead atoms. The first-order valence-corrected chi connectivity index (χ1v) is 9.16. The fourth-order valence-electron chi connectivity index (χ4n) is 3.05. The number of hydrogen-bond donors (Lipinski definition) is 1. The highest BCUT2D eigenvalue weighted by Gasteiger charge is 2.13. The normalized spacial score (nSPS) is 11.3. The molecule has 0 radical (unpaired) electrons. The van der Waals surface area contributed by atoms with Crippen LogP contribution in [0.15, 0.2) is 51.8 Å². The van der Waals surface area contributed by atoms with Gasteiger partial charge >= 0.3 is 0 Å². The zero-order chi connectivity index (χ0) is 18.3. The number of carbonyl (C=O) groups excluding carboxylic acids is 1. The van der Waals surface area contributed by atoms with Gasteiger partial charge in [0.05, 0.1) is 24.9 Å². The smallest absolute Gasteiger partial charge is 0.224 e. The Balaban J connectivity index is 1.46. The lowest BCUT2D eigenvalue weighted by atomic mass is 10.0. The summed E-state index contributed by atoms with van der Waals surface area (Å²) >= 11 is 3.44. The van der Waals surface area contributed by atoms with Crippen molar-refractivity contribution < 1.29 is 9.21 Å². The number of nitrogens with zero attached hydrogens (tertiary/aromatic N) is 2. The zero-order valence-electron chi connectivity index (χ0n) is 14.5. The average Bonchev–Trinajstić information content (AvgIpc) is 3.20. The summed E-state index contributed by atoms with van der Waals surface area (Å²) in [5, 5.41) is 3.94. The highest BCUT2D eigenvalue weighted by molar-refractivity contribution is 9.10. The number of aromatic nitrogens is 2. The second-order valence-corrected chi connectivity index (χ2v) is 7.36. The molecule has 0 atom stereocenters. The lowest BCUT2D eigenvalue weighted by molar-refractivity contribution is -0.120. The molecule has 4 aromatic rings. The third-order valence-corrected chi connectivity index (χ3v) is 5.09. The number of furan rings is 1. The van der Waals surface area contributed by atoms with E-state index in [-0.39, 0.29) is 12.3 Å². The number of amides is 1. The van der Waals surface area contributed by atoms with E-state index in [0.717, 1.165) is 37.9 Å². The third-order valence-electron chi connectivity index (χ3n) is 4.62. The van der Waals surface area contributed by atoms with Crippen LogP contribution >= 0.6 is 15.9 Å². The van der Waals surface area contributed by atoms with E-state index >= 15 is 0 Å². The van der Waals surface area contributed by atoms with Gasteiger partial charge < -0.3 is 14.1 Å². The lowest BCUT2D eigenvalue weighted by Gasteiger charge is -2.03. The van der Waals surface area contributed by atoms with Crippen molar-refractivity contribution in [2.24, 2.45) is 0 Å². The van der Waals surface area contributed by atoms with Crippen molar-refractivity contribution in [3.8, 4) is 0 Å². The molecule has 6 heteroatoms. The van der Waals surface area contributed by atoms with Crippen LogP contribution in [0.1, 0.15) is 22.4 Å². The van der Waals surface area contributed by atoms with Gasteiger partial charge in [0.25, 0.3) is 0 Å². The first kappa shape index (κ1) is 16.8. The molecule has 0 unspecified atom stereocenters. The Morgan fingerprint density at radius 1 is 1.23 bits per heavy atom. The van der Waals surface area contributed by atoms with Crippen LogP contribution in [0, 0.1) is 13.8 Å². The molecule has 1 aromatic carbocycles. The largest absolute Gasteiger partial charge is 0.464 e. The van der Waals surface area contributed by atoms with E-state index in [1.54, 1.807) is 6.26 Å². The average molecular weight is 412 g/mol. The zero-order valence-corrected chi connectivity index (χ0v) is 16.1. The quantitative estimate of drug-likeness (QED) is 0.543. The maximum Gasteiger partial charge on any atom is 0.224 e. The Kier molecular flexibility index (Phi) is 4.28. The van der Waals surface area contributed by atoms with Crippen LogP contribution in [0.4, 0.5) is 0 Å². The summed E-state index contributed by atoms with van der Waals surface area (Å²) in [5.74, 6) is -0.0517. The summed E-state index contributed by atoms with van der Waals surface area (Å²) in [6.07, 6.45) is 5.82. The first-order valence-electron chi connectivity index (χ1n) is 8.37. The van der Waals surface area contributed by atoms with Gasteiger partial charge in [0.1, 0.15) is 11.2 Å². The Hall–Kier alpha value is -2.60. The van der Waals surface area contributed by atoms with E-state index in [2.05, 4.69) is 39.2 Å². The van der Waals surface area contributed by atoms with E-state index in [1.807, 2.05) is 41.9 Å². The maximum absolute atomic E-state index is 12.4. The van der Waals surface area contributed by atoms with E-state index in [1.165, 1.54) is 5.56 Å². The molecule has 0 aliphatic heterocycles. The summed E-state index contributed by atoms with van der Waals surface area (Å²) in [4.78, 5) is 16.9. The second kappa shape index (κ2) is 6.61. The molecule has 0 fully saturated rings. The van der Waals surface area contributed by atoms with Crippen LogP contribution in [0.5, 0.6) is 0 Å². The summed E-state index contributed by atoms with van der Waals surface area (Å²) < 4.78 is 8.59. The fourth-order valence-corrected chi connectivity index (χ4v) is 3.41. The molecule has 3 aromatic heterocycles. The number of halogens is 1. The summed E-state index contributed by atoms with van der Waals surface area (Å²) in [6.45, 7) is 4.48. The summed E-state index contributed by atoms with van der Waals surface area (Å²) in [5.41, 5.74) is 5.73. The molecular formula is C20H18BrN3O2. The summed E-state index contributed by atoms with van der Waals surface area (Å²) in [6, 6.07) is 7.95. The van der Waals surface area contributed by atoms with Crippen molar-refractivity contribution in [2.45, 2.75) is 26.8 Å². The van der Waals surface area contributed by atoms with Crippen molar-refractivity contribution in [3.05, 3.63) is 69.8 Å². The predicted molar refractivity (Wildman–Crippen MR) is 104 cm³/mol. The van der Waals surface area contributed by atoms with E-state index in [4.69, 9.17) is 4.42 Å². The standard InChI is InChI=1S/C20H18BrN3O2/c1-12-3-5-17-14(11-26-20(17)13(12)2)7-19(25)22-8-16-10-24-9-15(21)4-6-18(24)23-16/h3-6,9-11H,7-8H2,1-2H3,(H,22,25). The molecule has 0 aliphatic rings. The number of carbonyl (C=O) groups is 1. The van der Waals surface area contributed by atoms with Gasteiger partial charge in [-0.1, -0.05) is 12.1 Å². The Morgan fingerprint density at radius 3 is 2.92 bits per heavy atom. The van der Waals surface area contributed by atoms with Gasteiger partial charge in [-0.3, -0.25) is 4.79 Å². The maximum atomic E-state index is 12.4. The first-order chi connectivity index (χ1) is 12.5. The molecule has 132 valence electrons. The van der Waals surface area contributed by atoms with Crippen LogP contribution < -0.4 is 5.32 Å². The van der Waals surface area contributed by atoms with Gasteiger partial charge in [0, 0.05) is 27.8 Å². The molecule has 4 rings (SSSR count). The number of pyridine rings is 1. The third kappa shape index (κ3) is 3.12. The SMILES string of the molecule is Cc1ccc2c(CC(=O)NCc3cn4cc(Br)ccc4n3)coc2c1C. The van der Waals surface area contributed by atoms with Crippen LogP contribution in [0.25, 0.3) is 16.6 Å². The minimum Gasteiger partial charge on any atom is -0.464 e. The number of aryl methyl sites for hydroxylation is 2. The number of nitrogens with one attached hydrogen (secondary N) is 1. The number of imidazole rings is 1. The van der Waals surface area contributed by atoms with Crippen molar-refractivity contribution in [1.29, 1.82) is 0 Å². The van der Waals surface area contributed by atoms with Crippen molar-refractivity contribution in [3.63, 3.8) is 0 Å². The van der Waals surface area contributed by atoms with Crippen LogP contribution in [-0.4, -0.2) is 15.3 Å². The minimum absolute atomic E-state index is 0.0517. The number of rotatable bonds is 4. The molecule has 3 heterocycles. The van der Waals surface area contributed by atoms with Gasteiger partial charge in [0.15, 0.2) is 0 Å². The molecule has 5 nitrogen and oxygen atoms in total. The Labute approximate surface area is 159 Å². The van der Waals surface area contributed by atoms with Gasteiger partial charge in [0.2, 0.25) is 5.91 Å². The molecular weight excluding hydrogens is 394 g/mol. The van der Waals surface area contributed by atoms with Gasteiger partial charge in [-0.05, 0) is 53.0 Å². The lowest BCUT2D eigenvalue weighted by Crippen LogP contribution is -2.24. The van der Waals surface area contributed by atoms with E-state index in [0.29, 0.717) is 6.54 Å². The topological polar surface area (TPSA) is 59.5 Å². The van der Waals surface area contributed by atoms with E-state index in [9.17, 15) is 4.79 Å². The minimum atomic E-state index is -0.0517. The fraction of sp³-hybridized carbons (Fsp3) is 0.200. The van der Waals surface area contributed by atoms with Crippen LogP contribution in [-0.2, 0) is 17.8 Å². The molecule has 1 amide bonds. The van der Waals surface area contributed by atoms with Crippen LogP contribution in [0.3, 0.4) is 0 Å². The highest BCUT2D eigenvalue weighted by Crippen LogP contribution is 2.26. The van der Waals surface area contributed by atoms with E-state index < -0.39 is 0 Å². The van der Waals surface area contributed by atoms with Crippen molar-refractivity contribution >= 4 is 38.5 Å². The molecule has 0 saturated heterocycles. The predicted octanol–water partition coefficient (Wildman–Crippen LogP) is 4.32. The van der Waals surface area contributed by atoms with Crippen LogP contribution in [0.2, 0.25) is 0 Å². The molecule has 1 N–H and O–H groups in total.